The number of hydrogen-bond donors (Lipinski definition) is 0. The summed E-state index contributed by atoms with van der Waals surface area (Å²) in [5.41, 5.74) is 0.535. The fraction of sp³-hybridized carbons (Fsp3) is 0.167. The molecule has 1 aliphatic heterocycles. The monoisotopic (exact) mass is 152 g/mol. The summed E-state index contributed by atoms with van der Waals surface area (Å²) in [6.45, 7) is 0. The third kappa shape index (κ3) is 0.724. The Hall–Kier alpha value is -0.900. The van der Waals surface area contributed by atoms with Gasteiger partial charge in [0.05, 0.1) is 5.75 Å². The number of carbonyl (C=O) groups excluding carboxylic acids is 1. The molecule has 0 spiro atoms. The van der Waals surface area contributed by atoms with Gasteiger partial charge in [-0.05, 0) is 0 Å². The van der Waals surface area contributed by atoms with Crippen molar-refractivity contribution in [2.45, 2.75) is 5.03 Å². The highest BCUT2D eigenvalue weighted by Crippen LogP contribution is 2.26. The van der Waals surface area contributed by atoms with Gasteiger partial charge in [0.15, 0.2) is 5.78 Å². The zero-order valence-electron chi connectivity index (χ0n) is 5.07. The maximum absolute atomic E-state index is 10.9. The molecule has 2 rings (SSSR count). The van der Waals surface area contributed by atoms with Gasteiger partial charge in [-0.1, -0.05) is 11.8 Å². The van der Waals surface area contributed by atoms with Crippen LogP contribution in [0.3, 0.4) is 0 Å². The molecule has 0 aromatic carbocycles. The van der Waals surface area contributed by atoms with Gasteiger partial charge >= 0.3 is 0 Å². The Morgan fingerprint density at radius 2 is 2.20 bits per heavy atom. The van der Waals surface area contributed by atoms with E-state index in [1.807, 2.05) is 0 Å². The van der Waals surface area contributed by atoms with Crippen LogP contribution in [0.15, 0.2) is 17.4 Å². The Balaban J connectivity index is 2.61. The average Bonchev–Trinajstić information content (AvgIpc) is 2.34. The van der Waals surface area contributed by atoms with E-state index in [2.05, 4.69) is 9.97 Å². The first-order valence-corrected chi connectivity index (χ1v) is 3.83. The van der Waals surface area contributed by atoms with Crippen molar-refractivity contribution in [2.24, 2.45) is 0 Å². The molecule has 1 aliphatic rings. The molecule has 0 radical (unpaired) electrons. The van der Waals surface area contributed by atoms with Crippen LogP contribution in [-0.2, 0) is 0 Å². The number of carbonyl (C=O) groups is 1. The Labute approximate surface area is 61.9 Å². The normalized spacial score (nSPS) is 15.4. The van der Waals surface area contributed by atoms with E-state index in [4.69, 9.17) is 0 Å². The summed E-state index contributed by atoms with van der Waals surface area (Å²) in [6, 6.07) is 0. The Morgan fingerprint density at radius 3 is 3.00 bits per heavy atom. The van der Waals surface area contributed by atoms with Crippen LogP contribution in [-0.4, -0.2) is 21.5 Å². The molecule has 0 N–H and O–H groups in total. The largest absolute Gasteiger partial charge is 0.291 e. The molecule has 0 saturated heterocycles. The van der Waals surface area contributed by atoms with Gasteiger partial charge < -0.3 is 0 Å². The highest BCUT2D eigenvalue weighted by atomic mass is 32.2. The lowest BCUT2D eigenvalue weighted by Gasteiger charge is -1.89. The Morgan fingerprint density at radius 1 is 1.40 bits per heavy atom. The highest BCUT2D eigenvalue weighted by Gasteiger charge is 2.21. The van der Waals surface area contributed by atoms with Crippen LogP contribution in [0.25, 0.3) is 0 Å². The highest BCUT2D eigenvalue weighted by molar-refractivity contribution is 8.00. The molecule has 3 nitrogen and oxygen atoms in total. The summed E-state index contributed by atoms with van der Waals surface area (Å²) in [4.78, 5) is 18.8. The minimum Gasteiger partial charge on any atom is -0.291 e. The summed E-state index contributed by atoms with van der Waals surface area (Å²) in [5.74, 6) is 0.590. The smallest absolute Gasteiger partial charge is 0.194 e. The van der Waals surface area contributed by atoms with Crippen molar-refractivity contribution in [3.63, 3.8) is 0 Å². The quantitative estimate of drug-likeness (QED) is 0.550. The lowest BCUT2D eigenvalue weighted by atomic mass is 10.3. The molecule has 4 heteroatoms. The molecule has 0 bridgehead atoms. The van der Waals surface area contributed by atoms with Crippen LogP contribution in [0.2, 0.25) is 0 Å². The molecule has 0 aliphatic carbocycles. The average molecular weight is 152 g/mol. The lowest BCUT2D eigenvalue weighted by Crippen LogP contribution is -1.98. The first kappa shape index (κ1) is 5.85. The second-order valence-corrected chi connectivity index (χ2v) is 2.89. The minimum atomic E-state index is 0.0908. The van der Waals surface area contributed by atoms with Gasteiger partial charge in [0.1, 0.15) is 10.7 Å². The summed E-state index contributed by atoms with van der Waals surface area (Å²) < 4.78 is 0. The third-order valence-electron chi connectivity index (χ3n) is 1.27. The Bertz CT molecular complexity index is 287. The van der Waals surface area contributed by atoms with Gasteiger partial charge in [-0.15, -0.1) is 0 Å². The fourth-order valence-corrected chi connectivity index (χ4v) is 1.67. The van der Waals surface area contributed by atoms with Gasteiger partial charge in [0, 0.05) is 12.4 Å². The molecule has 1 aromatic heterocycles. The lowest BCUT2D eigenvalue weighted by molar-refractivity contribution is 0.101. The number of aromatic nitrogens is 2. The Kier molecular flexibility index (Phi) is 1.20. The molecule has 1 aromatic rings. The minimum absolute atomic E-state index is 0.0908. The van der Waals surface area contributed by atoms with Crippen LogP contribution < -0.4 is 0 Å². The molecular formula is C6H4N2OS. The number of ketones is 1. The van der Waals surface area contributed by atoms with Gasteiger partial charge in [0.2, 0.25) is 0 Å². The first-order chi connectivity index (χ1) is 4.88. The van der Waals surface area contributed by atoms with Crippen LogP contribution in [0.4, 0.5) is 0 Å². The molecular weight excluding hydrogens is 148 g/mol. The second-order valence-electron chi connectivity index (χ2n) is 1.92. The van der Waals surface area contributed by atoms with Crippen molar-refractivity contribution in [1.29, 1.82) is 0 Å². The molecule has 0 unspecified atom stereocenters. The van der Waals surface area contributed by atoms with E-state index in [9.17, 15) is 4.79 Å². The van der Waals surface area contributed by atoms with Crippen molar-refractivity contribution < 1.29 is 4.79 Å². The van der Waals surface area contributed by atoms with E-state index in [1.165, 1.54) is 11.8 Å². The molecule has 0 saturated carbocycles. The van der Waals surface area contributed by atoms with Crippen molar-refractivity contribution in [3.05, 3.63) is 18.1 Å². The number of hydrogen-bond acceptors (Lipinski definition) is 4. The SMILES string of the molecule is O=C1CSc2nccnc21. The van der Waals surface area contributed by atoms with Crippen molar-refractivity contribution in [1.82, 2.24) is 9.97 Å². The molecule has 10 heavy (non-hydrogen) atoms. The maximum Gasteiger partial charge on any atom is 0.194 e. The molecule has 0 amide bonds. The molecule has 50 valence electrons. The number of Topliss-reactive ketones (excluding diaryl/α,β-unsaturated/α-hetero) is 1. The van der Waals surface area contributed by atoms with Crippen LogP contribution >= 0.6 is 11.8 Å². The number of rotatable bonds is 0. The predicted molar refractivity (Wildman–Crippen MR) is 37.1 cm³/mol. The topological polar surface area (TPSA) is 42.9 Å². The van der Waals surface area contributed by atoms with E-state index in [1.54, 1.807) is 12.4 Å². The summed E-state index contributed by atoms with van der Waals surface area (Å²) in [5, 5.41) is 0.771. The van der Waals surface area contributed by atoms with Crippen LogP contribution in [0, 0.1) is 0 Å². The van der Waals surface area contributed by atoms with E-state index in [0.717, 1.165) is 5.03 Å². The zero-order chi connectivity index (χ0) is 6.97. The first-order valence-electron chi connectivity index (χ1n) is 2.85. The summed E-state index contributed by atoms with van der Waals surface area (Å²) in [6.07, 6.45) is 3.15. The van der Waals surface area contributed by atoms with E-state index < -0.39 is 0 Å². The van der Waals surface area contributed by atoms with Gasteiger partial charge in [-0.2, -0.15) is 0 Å². The van der Waals surface area contributed by atoms with Gasteiger partial charge in [-0.25, -0.2) is 9.97 Å². The van der Waals surface area contributed by atoms with Crippen molar-refractivity contribution in [2.75, 3.05) is 5.75 Å². The third-order valence-corrected chi connectivity index (χ3v) is 2.25. The standard InChI is InChI=1S/C6H4N2OS/c9-4-3-10-6-5(4)7-1-2-8-6/h1-2H,3H2. The van der Waals surface area contributed by atoms with Crippen molar-refractivity contribution in [3.8, 4) is 0 Å². The second kappa shape index (κ2) is 2.05. The zero-order valence-corrected chi connectivity index (χ0v) is 5.89. The molecule has 0 fully saturated rings. The van der Waals surface area contributed by atoms with Crippen LogP contribution in [0.5, 0.6) is 0 Å². The van der Waals surface area contributed by atoms with Crippen LogP contribution in [0.1, 0.15) is 10.5 Å². The predicted octanol–water partition coefficient (Wildman–Crippen LogP) is 0.765. The molecule has 2 heterocycles. The molecule has 0 atom stereocenters. The summed E-state index contributed by atoms with van der Waals surface area (Å²) >= 11 is 1.45. The number of fused-ring (bicyclic) bond motifs is 1. The van der Waals surface area contributed by atoms with Gasteiger partial charge in [-0.3, -0.25) is 4.79 Å². The van der Waals surface area contributed by atoms with Gasteiger partial charge in [0.25, 0.3) is 0 Å². The van der Waals surface area contributed by atoms with E-state index in [-0.39, 0.29) is 5.78 Å². The summed E-state index contributed by atoms with van der Waals surface area (Å²) in [7, 11) is 0. The number of thioether (sulfide) groups is 1. The fourth-order valence-electron chi connectivity index (χ4n) is 0.824. The maximum atomic E-state index is 10.9. The number of nitrogens with zero attached hydrogens (tertiary/aromatic N) is 2. The van der Waals surface area contributed by atoms with E-state index in [0.29, 0.717) is 11.4 Å². The van der Waals surface area contributed by atoms with E-state index >= 15 is 0 Å². The van der Waals surface area contributed by atoms with Crippen molar-refractivity contribution >= 4 is 17.5 Å².